The molecule has 17 heavy (non-hydrogen) atoms. The van der Waals surface area contributed by atoms with Crippen LogP contribution in [0.4, 0.5) is 0 Å². The van der Waals surface area contributed by atoms with Gasteiger partial charge in [-0.3, -0.25) is 0 Å². The largest absolute Gasteiger partial charge is 0.303 e. The zero-order valence-electron chi connectivity index (χ0n) is 9.97. The number of carbonyl (C=O) groups excluding carboxylic acids is 1. The number of aldehydes is 1. The fraction of sp³-hybridized carbons (Fsp3) is 0.667. The second kappa shape index (κ2) is 4.72. The van der Waals surface area contributed by atoms with Crippen LogP contribution in [-0.2, 0) is 4.79 Å². The highest BCUT2D eigenvalue weighted by atomic mass is 79.9. The van der Waals surface area contributed by atoms with Crippen LogP contribution < -0.4 is 0 Å². The summed E-state index contributed by atoms with van der Waals surface area (Å²) in [6.07, 6.45) is 15.5. The molecule has 4 atom stereocenters. The van der Waals surface area contributed by atoms with Crippen molar-refractivity contribution in [2.24, 2.45) is 29.6 Å². The minimum atomic E-state index is 0.352. The first-order chi connectivity index (χ1) is 8.29. The third-order valence-electron chi connectivity index (χ3n) is 4.84. The van der Waals surface area contributed by atoms with Crippen molar-refractivity contribution in [3.63, 3.8) is 0 Å². The van der Waals surface area contributed by atoms with Crippen LogP contribution in [0.2, 0.25) is 0 Å². The van der Waals surface area contributed by atoms with Gasteiger partial charge in [0.05, 0.1) is 0 Å². The molecule has 0 amide bonds. The molecule has 0 aromatic carbocycles. The molecule has 4 rings (SSSR count). The van der Waals surface area contributed by atoms with Crippen LogP contribution in [0.5, 0.6) is 0 Å². The molecule has 0 radical (unpaired) electrons. The van der Waals surface area contributed by atoms with Crippen molar-refractivity contribution in [2.45, 2.75) is 30.5 Å². The summed E-state index contributed by atoms with van der Waals surface area (Å²) in [6.45, 7) is 0. The number of allylic oxidation sites excluding steroid dienone is 4. The van der Waals surface area contributed by atoms with Gasteiger partial charge in [0.25, 0.3) is 0 Å². The normalized spacial score (nSPS) is 48.3. The first-order valence-corrected chi connectivity index (χ1v) is 7.67. The van der Waals surface area contributed by atoms with Gasteiger partial charge in [-0.25, -0.2) is 0 Å². The van der Waals surface area contributed by atoms with E-state index in [2.05, 4.69) is 40.2 Å². The Labute approximate surface area is 111 Å². The standard InChI is InChI=1S/C8H10O.C7H9Br/c9-5-8-6-1-2-7(8)4-3-6;8-7-5-1-2-6(7)4-3-5/h1-2,5-8H,3-4H2;1-2,5-7H,3-4H2. The predicted molar refractivity (Wildman–Crippen MR) is 73.0 cm³/mol. The van der Waals surface area contributed by atoms with E-state index >= 15 is 0 Å². The molecule has 4 bridgehead atoms. The number of halogens is 1. The monoisotopic (exact) mass is 294 g/mol. The maximum Gasteiger partial charge on any atom is 0.124 e. The number of hydrogen-bond acceptors (Lipinski definition) is 1. The number of hydrogen-bond donors (Lipinski definition) is 0. The summed E-state index contributed by atoms with van der Waals surface area (Å²) < 4.78 is 0. The summed E-state index contributed by atoms with van der Waals surface area (Å²) in [4.78, 5) is 11.2. The van der Waals surface area contributed by atoms with Gasteiger partial charge in [0.1, 0.15) is 6.29 Å². The van der Waals surface area contributed by atoms with Crippen LogP contribution in [0.15, 0.2) is 24.3 Å². The summed E-state index contributed by atoms with van der Waals surface area (Å²) in [5, 5.41) is 0. The first kappa shape index (κ1) is 11.7. The zero-order chi connectivity index (χ0) is 11.8. The van der Waals surface area contributed by atoms with Crippen molar-refractivity contribution in [2.75, 3.05) is 0 Å². The number of alkyl halides is 1. The molecular formula is C15H19BrO. The molecule has 92 valence electrons. The molecule has 4 unspecified atom stereocenters. The molecule has 2 fully saturated rings. The van der Waals surface area contributed by atoms with Gasteiger partial charge in [0.15, 0.2) is 0 Å². The molecule has 0 saturated heterocycles. The fourth-order valence-electron chi connectivity index (χ4n) is 3.73. The van der Waals surface area contributed by atoms with Gasteiger partial charge < -0.3 is 4.79 Å². The molecule has 0 aromatic heterocycles. The summed E-state index contributed by atoms with van der Waals surface area (Å²) in [6, 6.07) is 0. The number of rotatable bonds is 1. The maximum absolute atomic E-state index is 10.4. The van der Waals surface area contributed by atoms with Gasteiger partial charge in [-0.2, -0.15) is 0 Å². The van der Waals surface area contributed by atoms with Crippen LogP contribution in [0, 0.1) is 29.6 Å². The van der Waals surface area contributed by atoms with Gasteiger partial charge in [0.2, 0.25) is 0 Å². The van der Waals surface area contributed by atoms with Gasteiger partial charge >= 0.3 is 0 Å². The zero-order valence-corrected chi connectivity index (χ0v) is 11.6. The van der Waals surface area contributed by atoms with E-state index in [9.17, 15) is 4.79 Å². The lowest BCUT2D eigenvalue weighted by Gasteiger charge is -2.03. The van der Waals surface area contributed by atoms with Crippen LogP contribution in [0.1, 0.15) is 25.7 Å². The van der Waals surface area contributed by atoms with Crippen molar-refractivity contribution in [1.82, 2.24) is 0 Å². The number of fused-ring (bicyclic) bond motifs is 4. The molecular weight excluding hydrogens is 276 g/mol. The van der Waals surface area contributed by atoms with E-state index in [0.29, 0.717) is 17.8 Å². The molecule has 4 aliphatic rings. The van der Waals surface area contributed by atoms with Crippen LogP contribution in [0.3, 0.4) is 0 Å². The Kier molecular flexibility index (Phi) is 3.25. The molecule has 1 nitrogen and oxygen atoms in total. The minimum absolute atomic E-state index is 0.352. The molecule has 0 aromatic rings. The number of carbonyl (C=O) groups is 1. The van der Waals surface area contributed by atoms with Gasteiger partial charge in [-0.15, -0.1) is 0 Å². The van der Waals surface area contributed by atoms with E-state index in [1.54, 1.807) is 0 Å². The third kappa shape index (κ3) is 2.05. The first-order valence-electron chi connectivity index (χ1n) is 6.75. The summed E-state index contributed by atoms with van der Waals surface area (Å²) >= 11 is 3.67. The molecule has 0 heterocycles. The van der Waals surface area contributed by atoms with Gasteiger partial charge in [0, 0.05) is 10.7 Å². The Bertz CT molecular complexity index is 332. The third-order valence-corrected chi connectivity index (χ3v) is 6.20. The van der Waals surface area contributed by atoms with Gasteiger partial charge in [-0.05, 0) is 49.4 Å². The maximum atomic E-state index is 10.4. The van der Waals surface area contributed by atoms with E-state index in [-0.39, 0.29) is 0 Å². The molecule has 0 N–H and O–H groups in total. The lowest BCUT2D eigenvalue weighted by atomic mass is 9.99. The van der Waals surface area contributed by atoms with Crippen LogP contribution >= 0.6 is 15.9 Å². The van der Waals surface area contributed by atoms with Crippen molar-refractivity contribution >= 4 is 22.2 Å². The smallest absolute Gasteiger partial charge is 0.124 e. The van der Waals surface area contributed by atoms with Crippen molar-refractivity contribution < 1.29 is 4.79 Å². The van der Waals surface area contributed by atoms with Crippen LogP contribution in [-0.4, -0.2) is 11.1 Å². The minimum Gasteiger partial charge on any atom is -0.303 e. The second-order valence-corrected chi connectivity index (χ2v) is 6.80. The van der Waals surface area contributed by atoms with E-state index in [0.717, 1.165) is 22.9 Å². The predicted octanol–water partition coefficient (Wildman–Crippen LogP) is 3.74. The Morgan fingerprint density at radius 2 is 1.24 bits per heavy atom. The molecule has 2 heteroatoms. The molecule has 4 aliphatic carbocycles. The van der Waals surface area contributed by atoms with E-state index in [4.69, 9.17) is 0 Å². The highest BCUT2D eigenvalue weighted by Gasteiger charge is 2.37. The Morgan fingerprint density at radius 3 is 1.41 bits per heavy atom. The average Bonchev–Trinajstić information content (AvgIpc) is 3.12. The van der Waals surface area contributed by atoms with Gasteiger partial charge in [-0.1, -0.05) is 40.2 Å². The summed E-state index contributed by atoms with van der Waals surface area (Å²) in [5.74, 6) is 3.31. The highest BCUT2D eigenvalue weighted by Crippen LogP contribution is 2.43. The van der Waals surface area contributed by atoms with E-state index < -0.39 is 0 Å². The molecule has 2 saturated carbocycles. The highest BCUT2D eigenvalue weighted by molar-refractivity contribution is 9.09. The molecule has 0 spiro atoms. The lowest BCUT2D eigenvalue weighted by Crippen LogP contribution is -2.07. The Morgan fingerprint density at radius 1 is 0.824 bits per heavy atom. The van der Waals surface area contributed by atoms with Crippen molar-refractivity contribution in [1.29, 1.82) is 0 Å². The molecule has 0 aliphatic heterocycles. The van der Waals surface area contributed by atoms with Crippen LogP contribution in [0.25, 0.3) is 0 Å². The Hall–Kier alpha value is -0.370. The fourth-order valence-corrected chi connectivity index (χ4v) is 4.62. The summed E-state index contributed by atoms with van der Waals surface area (Å²) in [7, 11) is 0. The summed E-state index contributed by atoms with van der Waals surface area (Å²) in [5.41, 5.74) is 0. The van der Waals surface area contributed by atoms with E-state index in [1.807, 2.05) is 0 Å². The lowest BCUT2D eigenvalue weighted by molar-refractivity contribution is -0.112. The topological polar surface area (TPSA) is 17.1 Å². The quantitative estimate of drug-likeness (QED) is 0.409. The van der Waals surface area contributed by atoms with Crippen molar-refractivity contribution in [3.8, 4) is 0 Å². The van der Waals surface area contributed by atoms with E-state index in [1.165, 1.54) is 25.7 Å². The average molecular weight is 295 g/mol. The second-order valence-electron chi connectivity index (χ2n) is 5.74. The Balaban J connectivity index is 0.000000107. The SMILES string of the molecule is BrC1C2C=CC1CC2.O=CC1C2C=CC1CC2. The van der Waals surface area contributed by atoms with Crippen molar-refractivity contribution in [3.05, 3.63) is 24.3 Å².